The van der Waals surface area contributed by atoms with Gasteiger partial charge >= 0.3 is 0 Å². The fourth-order valence-corrected chi connectivity index (χ4v) is 2.92. The molecule has 1 aromatic rings. The van der Waals surface area contributed by atoms with Gasteiger partial charge in [-0.15, -0.1) is 0 Å². The second kappa shape index (κ2) is 6.58. The lowest BCUT2D eigenvalue weighted by molar-refractivity contribution is 0.0502. The molecule has 1 saturated heterocycles. The lowest BCUT2D eigenvalue weighted by atomic mass is 10.1. The van der Waals surface area contributed by atoms with Crippen molar-refractivity contribution in [2.45, 2.75) is 6.04 Å². The average molecular weight is 343 g/mol. The third kappa shape index (κ3) is 3.10. The van der Waals surface area contributed by atoms with Gasteiger partial charge in [0.1, 0.15) is 17.6 Å². The molecule has 1 fully saturated rings. The summed E-state index contributed by atoms with van der Waals surface area (Å²) in [6, 6.07) is 9.77. The van der Waals surface area contributed by atoms with Crippen molar-refractivity contribution in [1.29, 1.82) is 0 Å². The van der Waals surface area contributed by atoms with Crippen molar-refractivity contribution >= 4 is 29.6 Å². The standard InChI is InChI=1S/C16H17N5O2S/c24-16-17-10-12-13(19-16)14(21-6-8-22-9-7-21)20-15(18-12)23-11-4-2-1-3-5-11/h1-5,10,12H,6-9H2,(H,18,20)(H,19,24). The Morgan fingerprint density at radius 3 is 2.75 bits per heavy atom. The van der Waals surface area contributed by atoms with Crippen LogP contribution in [0.25, 0.3) is 0 Å². The summed E-state index contributed by atoms with van der Waals surface area (Å²) in [5, 5.41) is 6.88. The minimum absolute atomic E-state index is 0.241. The van der Waals surface area contributed by atoms with Gasteiger partial charge in [0.2, 0.25) is 0 Å². The number of benzene rings is 1. The van der Waals surface area contributed by atoms with Gasteiger partial charge < -0.3 is 19.7 Å². The Labute approximate surface area is 145 Å². The molecule has 1 atom stereocenters. The van der Waals surface area contributed by atoms with Gasteiger partial charge in [0.25, 0.3) is 6.02 Å². The molecular weight excluding hydrogens is 326 g/mol. The van der Waals surface area contributed by atoms with E-state index in [1.54, 1.807) is 6.21 Å². The highest BCUT2D eigenvalue weighted by molar-refractivity contribution is 7.80. The second-order valence-corrected chi connectivity index (χ2v) is 5.88. The number of thiocarbonyl (C=S) groups is 1. The van der Waals surface area contributed by atoms with E-state index >= 15 is 0 Å². The fraction of sp³-hybridized carbons (Fsp3) is 0.312. The molecule has 0 saturated carbocycles. The fourth-order valence-electron chi connectivity index (χ4n) is 2.75. The summed E-state index contributed by atoms with van der Waals surface area (Å²) in [7, 11) is 0. The summed E-state index contributed by atoms with van der Waals surface area (Å²) >= 11 is 5.17. The first-order chi connectivity index (χ1) is 11.8. The van der Waals surface area contributed by atoms with E-state index in [4.69, 9.17) is 21.7 Å². The van der Waals surface area contributed by atoms with Crippen LogP contribution in [0.5, 0.6) is 5.75 Å². The van der Waals surface area contributed by atoms with E-state index in [9.17, 15) is 0 Å². The van der Waals surface area contributed by atoms with Crippen molar-refractivity contribution in [3.8, 4) is 5.75 Å². The monoisotopic (exact) mass is 343 g/mol. The summed E-state index contributed by atoms with van der Waals surface area (Å²) in [6.07, 6.45) is 1.74. The number of para-hydroxylation sites is 1. The van der Waals surface area contributed by atoms with Gasteiger partial charge in [-0.1, -0.05) is 18.2 Å². The van der Waals surface area contributed by atoms with Crippen molar-refractivity contribution < 1.29 is 9.47 Å². The molecular formula is C16H17N5O2S. The Morgan fingerprint density at radius 1 is 1.17 bits per heavy atom. The summed E-state index contributed by atoms with van der Waals surface area (Å²) in [4.78, 5) is 10.9. The molecule has 3 heterocycles. The number of nitrogens with zero attached hydrogens (tertiary/aromatic N) is 3. The Kier molecular flexibility index (Phi) is 4.14. The summed E-state index contributed by atoms with van der Waals surface area (Å²) in [5.41, 5.74) is 0.900. The van der Waals surface area contributed by atoms with E-state index in [0.29, 0.717) is 24.3 Å². The molecule has 2 N–H and O–H groups in total. The molecule has 0 aromatic heterocycles. The highest BCUT2D eigenvalue weighted by atomic mass is 32.1. The van der Waals surface area contributed by atoms with Crippen LogP contribution in [0, 0.1) is 0 Å². The minimum Gasteiger partial charge on any atom is -0.426 e. The largest absolute Gasteiger partial charge is 0.426 e. The maximum absolute atomic E-state index is 5.88. The predicted molar refractivity (Wildman–Crippen MR) is 95.1 cm³/mol. The van der Waals surface area contributed by atoms with Gasteiger partial charge in [-0.25, -0.2) is 9.98 Å². The van der Waals surface area contributed by atoms with Crippen LogP contribution in [0.4, 0.5) is 0 Å². The number of aliphatic imine (C=N–C) groups is 2. The lowest BCUT2D eigenvalue weighted by Crippen LogP contribution is -2.51. The second-order valence-electron chi connectivity index (χ2n) is 5.49. The Balaban J connectivity index is 1.63. The number of nitrogens with one attached hydrogen (secondary N) is 2. The number of hydrogen-bond acceptors (Lipinski definition) is 6. The number of amidine groups is 1. The van der Waals surface area contributed by atoms with E-state index in [1.165, 1.54) is 0 Å². The number of hydrogen-bond donors (Lipinski definition) is 2. The molecule has 1 unspecified atom stereocenters. The topological polar surface area (TPSA) is 70.5 Å². The van der Waals surface area contributed by atoms with Gasteiger partial charge in [-0.2, -0.15) is 0 Å². The van der Waals surface area contributed by atoms with E-state index in [-0.39, 0.29) is 6.04 Å². The molecule has 3 aliphatic rings. The van der Waals surface area contributed by atoms with Crippen LogP contribution in [-0.4, -0.2) is 54.6 Å². The number of ether oxygens (including phenoxy) is 2. The van der Waals surface area contributed by atoms with Crippen molar-refractivity contribution in [3.05, 3.63) is 41.8 Å². The number of morpholine rings is 1. The quantitative estimate of drug-likeness (QED) is 0.776. The average Bonchev–Trinajstić information content (AvgIpc) is 2.63. The minimum atomic E-state index is -0.241. The Bertz CT molecular complexity index is 725. The van der Waals surface area contributed by atoms with Crippen LogP contribution < -0.4 is 15.4 Å². The molecule has 0 amide bonds. The van der Waals surface area contributed by atoms with E-state index in [2.05, 4.69) is 25.5 Å². The molecule has 8 heteroatoms. The zero-order valence-electron chi connectivity index (χ0n) is 12.9. The normalized spacial score (nSPS) is 23.2. The van der Waals surface area contributed by atoms with E-state index in [0.717, 1.165) is 30.4 Å². The van der Waals surface area contributed by atoms with Crippen LogP contribution in [0.2, 0.25) is 0 Å². The summed E-state index contributed by atoms with van der Waals surface area (Å²) in [6.45, 7) is 2.97. The van der Waals surface area contributed by atoms with Gasteiger partial charge in [0, 0.05) is 19.3 Å². The van der Waals surface area contributed by atoms with Gasteiger partial charge in [0.15, 0.2) is 5.11 Å². The highest BCUT2D eigenvalue weighted by Gasteiger charge is 2.31. The van der Waals surface area contributed by atoms with Gasteiger partial charge in [-0.3, -0.25) is 5.32 Å². The molecule has 0 bridgehead atoms. The Morgan fingerprint density at radius 2 is 1.96 bits per heavy atom. The maximum atomic E-state index is 5.88. The number of fused-ring (bicyclic) bond motifs is 1. The summed E-state index contributed by atoms with van der Waals surface area (Å²) in [5.74, 6) is 1.64. The first-order valence-electron chi connectivity index (χ1n) is 7.79. The van der Waals surface area contributed by atoms with Crippen molar-refractivity contribution in [2.75, 3.05) is 26.3 Å². The zero-order valence-corrected chi connectivity index (χ0v) is 13.8. The van der Waals surface area contributed by atoms with Crippen molar-refractivity contribution in [3.63, 3.8) is 0 Å². The molecule has 7 nitrogen and oxygen atoms in total. The first kappa shape index (κ1) is 15.1. The number of rotatable bonds is 2. The van der Waals surface area contributed by atoms with Crippen LogP contribution >= 0.6 is 12.2 Å². The zero-order chi connectivity index (χ0) is 16.4. The molecule has 0 aliphatic carbocycles. The van der Waals surface area contributed by atoms with Crippen LogP contribution in [0.1, 0.15) is 0 Å². The molecule has 0 radical (unpaired) electrons. The SMILES string of the molecule is S=C1N=CC2N=C(Oc3ccccc3)NC(N3CCOCC3)=C2N1. The van der Waals surface area contributed by atoms with E-state index in [1.807, 2.05) is 30.3 Å². The van der Waals surface area contributed by atoms with Crippen LogP contribution in [0.3, 0.4) is 0 Å². The third-order valence-electron chi connectivity index (χ3n) is 3.89. The smallest absolute Gasteiger partial charge is 0.297 e. The van der Waals surface area contributed by atoms with Gasteiger partial charge in [-0.05, 0) is 24.4 Å². The Hall–Kier alpha value is -2.45. The molecule has 124 valence electrons. The lowest BCUT2D eigenvalue weighted by Gasteiger charge is -2.36. The van der Waals surface area contributed by atoms with Crippen molar-refractivity contribution in [2.24, 2.45) is 9.98 Å². The summed E-state index contributed by atoms with van der Waals surface area (Å²) < 4.78 is 11.3. The highest BCUT2D eigenvalue weighted by Crippen LogP contribution is 2.20. The first-order valence-corrected chi connectivity index (χ1v) is 8.20. The maximum Gasteiger partial charge on any atom is 0.297 e. The third-order valence-corrected chi connectivity index (χ3v) is 4.10. The van der Waals surface area contributed by atoms with Crippen molar-refractivity contribution in [1.82, 2.24) is 15.5 Å². The van der Waals surface area contributed by atoms with Crippen LogP contribution in [0.15, 0.2) is 51.8 Å². The predicted octanol–water partition coefficient (Wildman–Crippen LogP) is 0.853. The van der Waals surface area contributed by atoms with E-state index < -0.39 is 0 Å². The van der Waals surface area contributed by atoms with Crippen LogP contribution in [-0.2, 0) is 4.74 Å². The van der Waals surface area contributed by atoms with Gasteiger partial charge in [0.05, 0.1) is 18.9 Å². The molecule has 3 aliphatic heterocycles. The molecule has 0 spiro atoms. The molecule has 24 heavy (non-hydrogen) atoms. The molecule has 4 rings (SSSR count). The molecule has 1 aromatic carbocycles.